The summed E-state index contributed by atoms with van der Waals surface area (Å²) in [7, 11) is -1.91. The summed E-state index contributed by atoms with van der Waals surface area (Å²) in [4.78, 5) is 58.2. The van der Waals surface area contributed by atoms with Crippen LogP contribution in [0.25, 0.3) is 0 Å². The molecule has 2 rings (SSSR count). The lowest BCUT2D eigenvalue weighted by Gasteiger charge is -2.47. The number of carbonyl (C=O) groups excluding carboxylic acids is 4. The molecular formula is C27H41NO11Si. The first-order valence-corrected chi connectivity index (χ1v) is 15.8. The third-order valence-electron chi connectivity index (χ3n) is 6.81. The lowest BCUT2D eigenvalue weighted by Crippen LogP contribution is -2.66. The first kappa shape index (κ1) is 33.2. The Kier molecular flexibility index (Phi) is 10.9. The molecule has 1 amide bonds. The summed E-state index contributed by atoms with van der Waals surface area (Å²) in [6, 6.07) is 7.03. The number of carbonyl (C=O) groups is 4. The minimum absolute atomic E-state index is 0.0861. The van der Waals surface area contributed by atoms with E-state index < -0.39 is 62.5 Å². The van der Waals surface area contributed by atoms with Gasteiger partial charge in [-0.15, -0.1) is 4.89 Å². The standard InChI is InChI=1S/C27H41NO11Si/c1-16-22(34-17(2)29)23(35-18(3)30)24(36-19(4)31)27(8,37-16)39-38-25(32)28-21-13-11-20(12-14-21)15-33-40(9,10)26(5,6)7/h11-14,16,22-24H,15H2,1-10H3,(H,28,32)/t16-,22-,23+,24-,27+/m1/s1. The zero-order valence-electron chi connectivity index (χ0n) is 24.8. The van der Waals surface area contributed by atoms with Crippen LogP contribution in [-0.4, -0.2) is 62.5 Å². The fraction of sp³-hybridized carbons (Fsp3) is 0.630. The van der Waals surface area contributed by atoms with E-state index >= 15 is 0 Å². The molecule has 12 nitrogen and oxygen atoms in total. The Hall–Kier alpha value is -3.00. The second-order valence-electron chi connectivity index (χ2n) is 11.3. The fourth-order valence-corrected chi connectivity index (χ4v) is 4.72. The van der Waals surface area contributed by atoms with Crippen LogP contribution in [0.5, 0.6) is 0 Å². The average molecular weight is 584 g/mol. The SMILES string of the molecule is CC(=O)O[C@H]1[C@H](OC(C)=O)[C@@H](C)O[C@@](C)(OOC(=O)Nc2ccc(CO[Si](C)(C)C(C)(C)C)cc2)[C@@H]1OC(C)=O. The van der Waals surface area contributed by atoms with Crippen molar-refractivity contribution < 1.29 is 52.3 Å². The fourth-order valence-electron chi connectivity index (χ4n) is 3.76. The van der Waals surface area contributed by atoms with Gasteiger partial charge in [-0.25, -0.2) is 4.79 Å². The molecule has 1 aliphatic rings. The van der Waals surface area contributed by atoms with Crippen LogP contribution in [0.4, 0.5) is 10.5 Å². The minimum Gasteiger partial charge on any atom is -0.456 e. The van der Waals surface area contributed by atoms with Gasteiger partial charge >= 0.3 is 24.0 Å². The molecule has 0 aromatic heterocycles. The van der Waals surface area contributed by atoms with Crippen molar-refractivity contribution in [3.8, 4) is 0 Å². The van der Waals surface area contributed by atoms with Crippen LogP contribution in [0.1, 0.15) is 61.0 Å². The number of esters is 3. The quantitative estimate of drug-likeness (QED) is 0.143. The van der Waals surface area contributed by atoms with Gasteiger partial charge in [-0.3, -0.25) is 24.6 Å². The summed E-state index contributed by atoms with van der Waals surface area (Å²) < 4.78 is 28.0. The van der Waals surface area contributed by atoms with E-state index in [4.69, 9.17) is 33.1 Å². The van der Waals surface area contributed by atoms with Crippen molar-refractivity contribution in [2.45, 2.75) is 110 Å². The molecule has 0 bridgehead atoms. The van der Waals surface area contributed by atoms with Crippen LogP contribution >= 0.6 is 0 Å². The molecule has 0 aliphatic carbocycles. The van der Waals surface area contributed by atoms with Crippen LogP contribution in [0.2, 0.25) is 18.1 Å². The van der Waals surface area contributed by atoms with Gasteiger partial charge in [0.1, 0.15) is 0 Å². The maximum atomic E-state index is 12.5. The van der Waals surface area contributed by atoms with Crippen molar-refractivity contribution in [2.24, 2.45) is 0 Å². The molecule has 1 aromatic rings. The second kappa shape index (κ2) is 13.1. The number of ether oxygens (including phenoxy) is 4. The van der Waals surface area contributed by atoms with E-state index in [0.29, 0.717) is 12.3 Å². The van der Waals surface area contributed by atoms with Crippen LogP contribution in [0.15, 0.2) is 24.3 Å². The first-order chi connectivity index (χ1) is 18.3. The van der Waals surface area contributed by atoms with E-state index in [9.17, 15) is 19.2 Å². The van der Waals surface area contributed by atoms with Crippen LogP contribution in [0.3, 0.4) is 0 Å². The van der Waals surface area contributed by atoms with E-state index in [0.717, 1.165) is 19.4 Å². The van der Waals surface area contributed by atoms with Gasteiger partial charge in [0, 0.05) is 26.5 Å². The highest BCUT2D eigenvalue weighted by Crippen LogP contribution is 2.38. The third kappa shape index (κ3) is 9.01. The smallest absolute Gasteiger partial charge is 0.443 e. The van der Waals surface area contributed by atoms with Crippen LogP contribution in [-0.2, 0) is 54.1 Å². The molecule has 1 N–H and O–H groups in total. The molecule has 1 aliphatic heterocycles. The molecule has 5 atom stereocenters. The highest BCUT2D eigenvalue weighted by atomic mass is 28.4. The lowest BCUT2D eigenvalue weighted by atomic mass is 9.93. The van der Waals surface area contributed by atoms with Crippen molar-refractivity contribution in [1.82, 2.24) is 0 Å². The predicted molar refractivity (Wildman–Crippen MR) is 145 cm³/mol. The molecule has 13 heteroatoms. The van der Waals surface area contributed by atoms with Gasteiger partial charge in [0.15, 0.2) is 26.6 Å². The molecule has 0 unspecified atom stereocenters. The average Bonchev–Trinajstić information content (AvgIpc) is 2.81. The Labute approximate surface area is 236 Å². The van der Waals surface area contributed by atoms with Gasteiger partial charge < -0.3 is 23.4 Å². The Balaban J connectivity index is 2.10. The van der Waals surface area contributed by atoms with Crippen molar-refractivity contribution >= 4 is 38.0 Å². The van der Waals surface area contributed by atoms with Gasteiger partial charge in [0.2, 0.25) is 0 Å². The Morgan fingerprint density at radius 3 is 1.95 bits per heavy atom. The number of anilines is 1. The number of hydrogen-bond donors (Lipinski definition) is 1. The molecule has 40 heavy (non-hydrogen) atoms. The molecule has 1 heterocycles. The summed E-state index contributed by atoms with van der Waals surface area (Å²) in [5, 5.41) is 2.62. The third-order valence-corrected chi connectivity index (χ3v) is 11.3. The van der Waals surface area contributed by atoms with Gasteiger partial charge in [-0.05, 0) is 49.7 Å². The molecule has 1 saturated heterocycles. The molecule has 0 spiro atoms. The number of benzene rings is 1. The van der Waals surface area contributed by atoms with E-state index in [1.807, 2.05) is 12.1 Å². The lowest BCUT2D eigenvalue weighted by molar-refractivity contribution is -0.445. The van der Waals surface area contributed by atoms with Gasteiger partial charge in [0.25, 0.3) is 5.79 Å². The van der Waals surface area contributed by atoms with Crippen molar-refractivity contribution in [3.63, 3.8) is 0 Å². The van der Waals surface area contributed by atoms with Crippen LogP contribution < -0.4 is 5.32 Å². The van der Waals surface area contributed by atoms with Crippen LogP contribution in [0, 0.1) is 0 Å². The topological polar surface area (TPSA) is 145 Å². The normalized spacial score (nSPS) is 24.9. The minimum atomic E-state index is -1.93. The Morgan fingerprint density at radius 1 is 0.925 bits per heavy atom. The first-order valence-electron chi connectivity index (χ1n) is 12.9. The monoisotopic (exact) mass is 583 g/mol. The van der Waals surface area contributed by atoms with Gasteiger partial charge in [-0.2, -0.15) is 0 Å². The summed E-state index contributed by atoms with van der Waals surface area (Å²) in [6.45, 7) is 17.6. The van der Waals surface area contributed by atoms with Crippen molar-refractivity contribution in [3.05, 3.63) is 29.8 Å². The van der Waals surface area contributed by atoms with Crippen molar-refractivity contribution in [1.29, 1.82) is 0 Å². The zero-order chi connectivity index (χ0) is 30.5. The highest BCUT2D eigenvalue weighted by molar-refractivity contribution is 6.74. The van der Waals surface area contributed by atoms with E-state index in [-0.39, 0.29) is 5.04 Å². The maximum Gasteiger partial charge on any atom is 0.443 e. The summed E-state index contributed by atoms with van der Waals surface area (Å²) in [5.41, 5.74) is 1.37. The van der Waals surface area contributed by atoms with Crippen molar-refractivity contribution in [2.75, 3.05) is 5.32 Å². The zero-order valence-corrected chi connectivity index (χ0v) is 25.8. The number of rotatable bonds is 9. The molecule has 224 valence electrons. The largest absolute Gasteiger partial charge is 0.456 e. The number of amides is 1. The molecule has 0 saturated carbocycles. The van der Waals surface area contributed by atoms with Gasteiger partial charge in [0.05, 0.1) is 12.7 Å². The molecule has 1 aromatic carbocycles. The molecule has 0 radical (unpaired) electrons. The molecular weight excluding hydrogens is 542 g/mol. The van der Waals surface area contributed by atoms with E-state index in [1.165, 1.54) is 20.8 Å². The summed E-state index contributed by atoms with van der Waals surface area (Å²) >= 11 is 0. The Bertz CT molecular complexity index is 1070. The summed E-state index contributed by atoms with van der Waals surface area (Å²) in [6.07, 6.45) is -5.79. The van der Waals surface area contributed by atoms with Gasteiger partial charge in [-0.1, -0.05) is 32.9 Å². The Morgan fingerprint density at radius 2 is 1.45 bits per heavy atom. The molecule has 1 fully saturated rings. The van der Waals surface area contributed by atoms with E-state index in [1.54, 1.807) is 12.1 Å². The second-order valence-corrected chi connectivity index (χ2v) is 16.2. The summed E-state index contributed by atoms with van der Waals surface area (Å²) in [5.74, 6) is -4.09. The predicted octanol–water partition coefficient (Wildman–Crippen LogP) is 4.62. The highest BCUT2D eigenvalue weighted by Gasteiger charge is 2.59. The maximum absolute atomic E-state index is 12.5. The number of nitrogens with one attached hydrogen (secondary N) is 1. The number of hydrogen-bond acceptors (Lipinski definition) is 11. The van der Waals surface area contributed by atoms with E-state index in [2.05, 4.69) is 39.2 Å².